The molecule has 0 saturated carbocycles. The van der Waals surface area contributed by atoms with E-state index in [0.717, 1.165) is 11.1 Å². The van der Waals surface area contributed by atoms with Gasteiger partial charge in [-0.15, -0.1) is 0 Å². The zero-order chi connectivity index (χ0) is 26.4. The molecule has 196 valence electrons. The number of aromatic nitrogens is 1. The average Bonchev–Trinajstić information content (AvgIpc) is 3.50. The molecule has 36 heavy (non-hydrogen) atoms. The van der Waals surface area contributed by atoms with Crippen LogP contribution < -0.4 is 9.16 Å². The van der Waals surface area contributed by atoms with Crippen LogP contribution in [0.2, 0.25) is 16.6 Å². The van der Waals surface area contributed by atoms with Crippen molar-refractivity contribution < 1.29 is 27.6 Å². The van der Waals surface area contributed by atoms with E-state index in [-0.39, 0.29) is 5.56 Å². The average molecular weight is 516 g/mol. The summed E-state index contributed by atoms with van der Waals surface area (Å²) in [6, 6.07) is 5.01. The number of rotatable bonds is 8. The second-order valence-electron chi connectivity index (χ2n) is 10.6. The summed E-state index contributed by atoms with van der Waals surface area (Å²) in [6.45, 7) is 18.3. The molecular formula is C28H38FNO5Si. The Morgan fingerprint density at radius 2 is 1.58 bits per heavy atom. The zero-order valence-corrected chi connectivity index (χ0v) is 23.8. The highest BCUT2D eigenvalue weighted by atomic mass is 28.4. The highest BCUT2D eigenvalue weighted by molar-refractivity contribution is 6.78. The van der Waals surface area contributed by atoms with Gasteiger partial charge in [-0.05, 0) is 59.8 Å². The maximum atomic E-state index is 15.7. The van der Waals surface area contributed by atoms with E-state index in [2.05, 4.69) is 46.7 Å². The third-order valence-corrected chi connectivity index (χ3v) is 13.7. The molecule has 1 aromatic heterocycles. The lowest BCUT2D eigenvalue weighted by Crippen LogP contribution is -2.50. The molecular weight excluding hydrogens is 477 g/mol. The van der Waals surface area contributed by atoms with Gasteiger partial charge in [-0.1, -0.05) is 46.7 Å². The van der Waals surface area contributed by atoms with Crippen molar-refractivity contribution in [2.75, 3.05) is 20.3 Å². The van der Waals surface area contributed by atoms with Crippen LogP contribution in [0, 0.1) is 19.7 Å². The summed E-state index contributed by atoms with van der Waals surface area (Å²) < 4.78 is 45.9. The lowest BCUT2D eigenvalue weighted by Gasteiger charge is -2.42. The molecule has 1 aliphatic heterocycles. The molecule has 4 rings (SSSR count). The number of fused-ring (bicyclic) bond motifs is 1. The van der Waals surface area contributed by atoms with Gasteiger partial charge in [-0.3, -0.25) is 0 Å². The maximum Gasteiger partial charge on any atom is 0.258 e. The summed E-state index contributed by atoms with van der Waals surface area (Å²) in [7, 11) is -0.783. The molecule has 3 aromatic rings. The topological polar surface area (TPSA) is 63.0 Å². The fourth-order valence-corrected chi connectivity index (χ4v) is 11.1. The van der Waals surface area contributed by atoms with Gasteiger partial charge in [0.05, 0.1) is 36.8 Å². The third kappa shape index (κ3) is 4.23. The molecule has 0 unspecified atom stereocenters. The van der Waals surface area contributed by atoms with Gasteiger partial charge in [0, 0.05) is 0 Å². The third-order valence-electron chi connectivity index (χ3n) is 7.68. The molecule has 6 nitrogen and oxygen atoms in total. The van der Waals surface area contributed by atoms with Gasteiger partial charge in [-0.2, -0.15) is 0 Å². The summed E-state index contributed by atoms with van der Waals surface area (Å²) in [5.41, 5.74) is 4.75. The van der Waals surface area contributed by atoms with E-state index in [1.165, 1.54) is 6.07 Å². The van der Waals surface area contributed by atoms with Crippen molar-refractivity contribution in [3.8, 4) is 22.8 Å². The number of hydrogen-bond donors (Lipinski definition) is 0. The summed E-state index contributed by atoms with van der Waals surface area (Å²) in [5, 5.41) is 5.08. The number of aryl methyl sites for hydroxylation is 2. The van der Waals surface area contributed by atoms with E-state index in [9.17, 15) is 0 Å². The van der Waals surface area contributed by atoms with E-state index in [0.29, 0.717) is 63.6 Å². The number of methoxy groups -OCH3 is 1. The van der Waals surface area contributed by atoms with E-state index in [1.54, 1.807) is 13.2 Å². The zero-order valence-electron chi connectivity index (χ0n) is 22.8. The van der Waals surface area contributed by atoms with Crippen LogP contribution in [0.1, 0.15) is 64.5 Å². The molecule has 0 spiro atoms. The lowest BCUT2D eigenvalue weighted by molar-refractivity contribution is -0.0452. The Bertz CT molecular complexity index is 1220. The van der Waals surface area contributed by atoms with E-state index < -0.39 is 20.4 Å². The number of nitrogens with zero attached hydrogens (tertiary/aromatic N) is 1. The standard InChI is InChI=1S/C28H38FNO5Si/c1-15(2)36(16(3)4,17(5)6)35-22-14-18(7)19(8)27-25(22)26(30-34-27)23-20(29)10-11-21(31-9)24(23)28-32-12-13-33-28/h10-11,14-17,28H,12-13H2,1-9H3. The van der Waals surface area contributed by atoms with Crippen molar-refractivity contribution in [3.63, 3.8) is 0 Å². The van der Waals surface area contributed by atoms with Crippen LogP contribution in [-0.2, 0) is 9.47 Å². The molecule has 1 fully saturated rings. The van der Waals surface area contributed by atoms with Crippen molar-refractivity contribution >= 4 is 19.3 Å². The van der Waals surface area contributed by atoms with Crippen molar-refractivity contribution in [1.82, 2.24) is 5.16 Å². The minimum absolute atomic E-state index is 0.249. The molecule has 1 aliphatic rings. The Kier molecular flexibility index (Phi) is 7.51. The first-order chi connectivity index (χ1) is 17.0. The summed E-state index contributed by atoms with van der Waals surface area (Å²) in [6.07, 6.45) is -0.760. The lowest BCUT2D eigenvalue weighted by atomic mass is 9.97. The minimum Gasteiger partial charge on any atom is -0.542 e. The predicted molar refractivity (Wildman–Crippen MR) is 142 cm³/mol. The fraction of sp³-hybridized carbons (Fsp3) is 0.536. The van der Waals surface area contributed by atoms with Gasteiger partial charge >= 0.3 is 0 Å². The number of ether oxygens (including phenoxy) is 3. The monoisotopic (exact) mass is 515 g/mol. The van der Waals surface area contributed by atoms with Crippen LogP contribution in [0.4, 0.5) is 4.39 Å². The van der Waals surface area contributed by atoms with Crippen LogP contribution in [0.25, 0.3) is 22.2 Å². The van der Waals surface area contributed by atoms with Gasteiger partial charge in [0.15, 0.2) is 11.9 Å². The van der Waals surface area contributed by atoms with E-state index >= 15 is 4.39 Å². The Morgan fingerprint density at radius 3 is 2.14 bits per heavy atom. The highest BCUT2D eigenvalue weighted by Gasteiger charge is 2.47. The molecule has 0 N–H and O–H groups in total. The fourth-order valence-electron chi connectivity index (χ4n) is 5.88. The molecule has 0 radical (unpaired) electrons. The number of halogens is 1. The van der Waals surface area contributed by atoms with Crippen molar-refractivity contribution in [2.24, 2.45) is 0 Å². The van der Waals surface area contributed by atoms with Crippen LogP contribution in [0.3, 0.4) is 0 Å². The SMILES string of the molecule is COc1ccc(F)c(-c2noc3c(C)c(C)cc(O[Si](C(C)C)(C(C)C)C(C)C)c23)c1C1OCCO1. The van der Waals surface area contributed by atoms with E-state index in [1.807, 2.05) is 19.9 Å². The van der Waals surface area contributed by atoms with Gasteiger partial charge < -0.3 is 23.2 Å². The van der Waals surface area contributed by atoms with Crippen LogP contribution in [0.15, 0.2) is 22.7 Å². The number of benzene rings is 2. The van der Waals surface area contributed by atoms with Gasteiger partial charge in [-0.25, -0.2) is 4.39 Å². The largest absolute Gasteiger partial charge is 0.542 e. The molecule has 0 bridgehead atoms. The number of hydrogen-bond acceptors (Lipinski definition) is 6. The minimum atomic E-state index is -2.33. The van der Waals surface area contributed by atoms with Crippen LogP contribution in [0.5, 0.6) is 11.5 Å². The molecule has 8 heteroatoms. The van der Waals surface area contributed by atoms with Gasteiger partial charge in [0.1, 0.15) is 23.0 Å². The molecule has 2 aromatic carbocycles. The van der Waals surface area contributed by atoms with Crippen molar-refractivity contribution in [1.29, 1.82) is 0 Å². The summed E-state index contributed by atoms with van der Waals surface area (Å²) >= 11 is 0. The van der Waals surface area contributed by atoms with E-state index in [4.69, 9.17) is 23.2 Å². The Morgan fingerprint density at radius 1 is 0.972 bits per heavy atom. The molecule has 2 heterocycles. The second-order valence-corrected chi connectivity index (χ2v) is 16.0. The van der Waals surface area contributed by atoms with Crippen LogP contribution >= 0.6 is 0 Å². The normalized spacial score (nSPS) is 15.1. The van der Waals surface area contributed by atoms with Crippen LogP contribution in [-0.4, -0.2) is 33.8 Å². The molecule has 0 aliphatic carbocycles. The Hall–Kier alpha value is -2.42. The second kappa shape index (κ2) is 10.1. The molecule has 0 amide bonds. The first-order valence-corrected chi connectivity index (χ1v) is 14.9. The first kappa shape index (κ1) is 26.6. The Balaban J connectivity index is 2.04. The van der Waals surface area contributed by atoms with Gasteiger partial charge in [0.2, 0.25) is 0 Å². The summed E-state index contributed by atoms with van der Waals surface area (Å²) in [4.78, 5) is 0. The van der Waals surface area contributed by atoms with Crippen molar-refractivity contribution in [3.05, 3.63) is 40.7 Å². The Labute approximate surface area is 214 Å². The quantitative estimate of drug-likeness (QED) is 0.285. The first-order valence-electron chi connectivity index (χ1n) is 12.7. The van der Waals surface area contributed by atoms with Crippen molar-refractivity contribution in [2.45, 2.75) is 78.3 Å². The van der Waals surface area contributed by atoms with Gasteiger partial charge in [0.25, 0.3) is 8.32 Å². The smallest absolute Gasteiger partial charge is 0.258 e. The molecule has 0 atom stereocenters. The predicted octanol–water partition coefficient (Wildman–Crippen LogP) is 7.86. The molecule has 1 saturated heterocycles. The maximum absolute atomic E-state index is 15.7. The highest BCUT2D eigenvalue weighted by Crippen LogP contribution is 2.49. The summed E-state index contributed by atoms with van der Waals surface area (Å²) in [5.74, 6) is 0.703.